The van der Waals surface area contributed by atoms with Crippen molar-refractivity contribution in [3.8, 4) is 0 Å². The SMILES string of the molecule is CNC[C@H](CC1CCOCC1)NC(=O)N1CCC[C@@H]([C@H](OCCNC(=O)O)c2cccs2)C1. The summed E-state index contributed by atoms with van der Waals surface area (Å²) in [5.41, 5.74) is 0. The van der Waals surface area contributed by atoms with Crippen LogP contribution in [0.3, 0.4) is 0 Å². The zero-order chi connectivity index (χ0) is 23.5. The molecule has 10 heteroatoms. The summed E-state index contributed by atoms with van der Waals surface area (Å²) in [6.07, 6.45) is 3.77. The normalized spacial score (nSPS) is 21.4. The molecule has 186 valence electrons. The first-order valence-electron chi connectivity index (χ1n) is 12.0. The van der Waals surface area contributed by atoms with Crippen molar-refractivity contribution in [2.75, 3.05) is 53.0 Å². The molecule has 3 amide bonds. The highest BCUT2D eigenvalue weighted by atomic mass is 32.1. The van der Waals surface area contributed by atoms with Gasteiger partial charge in [0.05, 0.1) is 12.7 Å². The molecular weight excluding hydrogens is 444 g/mol. The van der Waals surface area contributed by atoms with E-state index in [9.17, 15) is 9.59 Å². The fourth-order valence-electron chi connectivity index (χ4n) is 4.78. The second kappa shape index (κ2) is 13.7. The first kappa shape index (κ1) is 25.7. The van der Waals surface area contributed by atoms with Crippen molar-refractivity contribution in [2.45, 2.75) is 44.2 Å². The van der Waals surface area contributed by atoms with Crippen LogP contribution in [-0.2, 0) is 9.47 Å². The predicted molar refractivity (Wildman–Crippen MR) is 128 cm³/mol. The van der Waals surface area contributed by atoms with Crippen molar-refractivity contribution < 1.29 is 24.2 Å². The van der Waals surface area contributed by atoms with Gasteiger partial charge in [-0.15, -0.1) is 11.3 Å². The highest BCUT2D eigenvalue weighted by molar-refractivity contribution is 7.10. The van der Waals surface area contributed by atoms with Gasteiger partial charge in [-0.1, -0.05) is 6.07 Å². The molecule has 0 saturated carbocycles. The largest absolute Gasteiger partial charge is 0.465 e. The summed E-state index contributed by atoms with van der Waals surface area (Å²) in [7, 11) is 1.92. The second-order valence-electron chi connectivity index (χ2n) is 8.88. The lowest BCUT2D eigenvalue weighted by Crippen LogP contribution is -2.52. The summed E-state index contributed by atoms with van der Waals surface area (Å²) >= 11 is 1.64. The van der Waals surface area contributed by atoms with Crippen LogP contribution < -0.4 is 16.0 Å². The number of carbonyl (C=O) groups excluding carboxylic acids is 1. The van der Waals surface area contributed by atoms with Gasteiger partial charge in [0, 0.05) is 56.2 Å². The third kappa shape index (κ3) is 8.44. The zero-order valence-corrected chi connectivity index (χ0v) is 20.3. The number of carbonyl (C=O) groups is 2. The van der Waals surface area contributed by atoms with E-state index < -0.39 is 6.09 Å². The summed E-state index contributed by atoms with van der Waals surface area (Å²) in [5.74, 6) is 0.758. The number of urea groups is 1. The molecule has 3 heterocycles. The molecule has 1 aromatic heterocycles. The number of piperidine rings is 1. The van der Waals surface area contributed by atoms with Crippen molar-refractivity contribution in [1.82, 2.24) is 20.9 Å². The molecular formula is C23H38N4O5S. The first-order valence-corrected chi connectivity index (χ1v) is 12.8. The smallest absolute Gasteiger partial charge is 0.404 e. The molecule has 3 rings (SSSR count). The summed E-state index contributed by atoms with van der Waals surface area (Å²) < 4.78 is 11.6. The predicted octanol–water partition coefficient (Wildman–Crippen LogP) is 2.90. The molecule has 9 nitrogen and oxygen atoms in total. The molecule has 0 bridgehead atoms. The lowest BCUT2D eigenvalue weighted by molar-refractivity contribution is -0.00641. The number of carboxylic acid groups (broad SMARTS) is 1. The van der Waals surface area contributed by atoms with E-state index in [1.54, 1.807) is 11.3 Å². The molecule has 2 aliphatic heterocycles. The molecule has 33 heavy (non-hydrogen) atoms. The number of ether oxygens (including phenoxy) is 2. The third-order valence-corrected chi connectivity index (χ3v) is 7.34. The van der Waals surface area contributed by atoms with Crippen LogP contribution in [0, 0.1) is 11.8 Å². The Morgan fingerprint density at radius 1 is 1.33 bits per heavy atom. The van der Waals surface area contributed by atoms with E-state index >= 15 is 0 Å². The molecule has 2 fully saturated rings. The van der Waals surface area contributed by atoms with Crippen LogP contribution in [0.2, 0.25) is 0 Å². The number of rotatable bonds is 11. The van der Waals surface area contributed by atoms with E-state index in [1.165, 1.54) is 0 Å². The van der Waals surface area contributed by atoms with Gasteiger partial charge in [0.25, 0.3) is 0 Å². The molecule has 1 aromatic rings. The van der Waals surface area contributed by atoms with Crippen LogP contribution in [0.1, 0.15) is 43.1 Å². The Balaban J connectivity index is 1.56. The number of hydrogen-bond acceptors (Lipinski definition) is 6. The minimum Gasteiger partial charge on any atom is -0.465 e. The van der Waals surface area contributed by atoms with Crippen LogP contribution in [-0.4, -0.2) is 81.2 Å². The van der Waals surface area contributed by atoms with Gasteiger partial charge in [-0.3, -0.25) is 0 Å². The number of likely N-dealkylation sites (N-methyl/N-ethyl adjacent to an activating group) is 1. The monoisotopic (exact) mass is 482 g/mol. The number of hydrogen-bond donors (Lipinski definition) is 4. The van der Waals surface area contributed by atoms with E-state index in [4.69, 9.17) is 14.6 Å². The van der Waals surface area contributed by atoms with Crippen LogP contribution >= 0.6 is 11.3 Å². The van der Waals surface area contributed by atoms with Crippen LogP contribution in [0.25, 0.3) is 0 Å². The molecule has 0 radical (unpaired) electrons. The van der Waals surface area contributed by atoms with Gasteiger partial charge >= 0.3 is 12.1 Å². The number of nitrogens with zero attached hydrogens (tertiary/aromatic N) is 1. The third-order valence-electron chi connectivity index (χ3n) is 6.41. The minimum absolute atomic E-state index is 0.00974. The first-order chi connectivity index (χ1) is 16.1. The van der Waals surface area contributed by atoms with E-state index in [0.717, 1.165) is 63.3 Å². The van der Waals surface area contributed by atoms with Gasteiger partial charge in [-0.2, -0.15) is 0 Å². The maximum atomic E-state index is 13.2. The topological polar surface area (TPSA) is 112 Å². The van der Waals surface area contributed by atoms with Crippen molar-refractivity contribution in [3.63, 3.8) is 0 Å². The van der Waals surface area contributed by atoms with Crippen molar-refractivity contribution in [3.05, 3.63) is 22.4 Å². The average molecular weight is 483 g/mol. The molecule has 2 aliphatic rings. The lowest BCUT2D eigenvalue weighted by atomic mass is 9.91. The lowest BCUT2D eigenvalue weighted by Gasteiger charge is -2.37. The van der Waals surface area contributed by atoms with Crippen LogP contribution in [0.4, 0.5) is 9.59 Å². The van der Waals surface area contributed by atoms with E-state index in [0.29, 0.717) is 19.1 Å². The Kier molecular flexibility index (Phi) is 10.7. The highest BCUT2D eigenvalue weighted by Gasteiger charge is 2.32. The van der Waals surface area contributed by atoms with Gasteiger partial charge in [-0.25, -0.2) is 9.59 Å². The molecule has 3 atom stereocenters. The second-order valence-corrected chi connectivity index (χ2v) is 9.86. The number of amides is 3. The maximum absolute atomic E-state index is 13.2. The van der Waals surface area contributed by atoms with E-state index in [2.05, 4.69) is 22.0 Å². The van der Waals surface area contributed by atoms with Gasteiger partial charge in [0.1, 0.15) is 0 Å². The fraction of sp³-hybridized carbons (Fsp3) is 0.739. The van der Waals surface area contributed by atoms with Gasteiger partial charge < -0.3 is 35.4 Å². The summed E-state index contributed by atoms with van der Waals surface area (Å²) in [6, 6.07) is 4.13. The highest BCUT2D eigenvalue weighted by Crippen LogP contribution is 2.35. The molecule has 0 aliphatic carbocycles. The van der Waals surface area contributed by atoms with E-state index in [-0.39, 0.29) is 30.6 Å². The molecule has 0 unspecified atom stereocenters. The maximum Gasteiger partial charge on any atom is 0.404 e. The Labute approximate surface area is 200 Å². The van der Waals surface area contributed by atoms with Gasteiger partial charge in [0.15, 0.2) is 0 Å². The minimum atomic E-state index is -1.05. The van der Waals surface area contributed by atoms with Crippen LogP contribution in [0.15, 0.2) is 17.5 Å². The standard InChI is InChI=1S/C23H38N4O5S/c1-24-15-19(14-17-6-10-31-11-7-17)26-22(28)27-9-2-4-18(16-27)21(20-5-3-13-33-20)32-12-8-25-23(29)30/h3,5,13,17-19,21,24-25H,2,4,6-12,14-16H2,1H3,(H,26,28)(H,29,30)/t18-,19+,21+/m1/s1. The number of thiophene rings is 1. The van der Waals surface area contributed by atoms with Crippen molar-refractivity contribution >= 4 is 23.5 Å². The number of nitrogens with one attached hydrogen (secondary N) is 3. The summed E-state index contributed by atoms with van der Waals surface area (Å²) in [5, 5.41) is 19.6. The van der Waals surface area contributed by atoms with Crippen molar-refractivity contribution in [2.24, 2.45) is 11.8 Å². The molecule has 0 aromatic carbocycles. The average Bonchev–Trinajstić information content (AvgIpc) is 3.34. The molecule has 4 N–H and O–H groups in total. The Morgan fingerprint density at radius 2 is 2.15 bits per heavy atom. The Hall–Kier alpha value is -1.88. The molecule has 2 saturated heterocycles. The van der Waals surface area contributed by atoms with Crippen molar-refractivity contribution in [1.29, 1.82) is 0 Å². The zero-order valence-electron chi connectivity index (χ0n) is 19.5. The summed E-state index contributed by atoms with van der Waals surface area (Å²) in [4.78, 5) is 26.9. The summed E-state index contributed by atoms with van der Waals surface area (Å²) in [6.45, 7) is 4.28. The van der Waals surface area contributed by atoms with Gasteiger partial charge in [-0.05, 0) is 56.5 Å². The van der Waals surface area contributed by atoms with Gasteiger partial charge in [0.2, 0.25) is 0 Å². The Morgan fingerprint density at radius 3 is 2.85 bits per heavy atom. The number of likely N-dealkylation sites (tertiary alicyclic amines) is 1. The molecule has 0 spiro atoms. The van der Waals surface area contributed by atoms with Crippen LogP contribution in [0.5, 0.6) is 0 Å². The van der Waals surface area contributed by atoms with E-state index in [1.807, 2.05) is 23.4 Å². The Bertz CT molecular complexity index is 714. The quantitative estimate of drug-likeness (QED) is 0.361. The fourth-order valence-corrected chi connectivity index (χ4v) is 5.65.